The van der Waals surface area contributed by atoms with Gasteiger partial charge >= 0.3 is 0 Å². The summed E-state index contributed by atoms with van der Waals surface area (Å²) in [7, 11) is 0. The summed E-state index contributed by atoms with van der Waals surface area (Å²) < 4.78 is 10.5. The highest BCUT2D eigenvalue weighted by molar-refractivity contribution is 4.63. The highest BCUT2D eigenvalue weighted by Gasteiger charge is 1.88. The summed E-state index contributed by atoms with van der Waals surface area (Å²) in [4.78, 5) is 0. The fourth-order valence-corrected chi connectivity index (χ4v) is 1.70. The molecule has 0 aromatic rings. The normalized spacial score (nSPS) is 10.0. The predicted molar refractivity (Wildman–Crippen MR) is 91.8 cm³/mol. The van der Waals surface area contributed by atoms with Crippen molar-refractivity contribution < 1.29 is 14.6 Å². The van der Waals surface area contributed by atoms with E-state index in [1.54, 1.807) is 6.08 Å². The zero-order valence-corrected chi connectivity index (χ0v) is 14.4. The standard InChI is InChI=1S/C9H20O2.C9H18O/c1-2-3-4-5-8-11-9-6-7-10;1-3-5-6-7-9-10-8-4-2/h10H,2-9H2,1H3;4H,2-3,5-9H2,1H3. The Balaban J connectivity index is 0. The van der Waals surface area contributed by atoms with Gasteiger partial charge in [0, 0.05) is 26.4 Å². The largest absolute Gasteiger partial charge is 0.396 e. The summed E-state index contributed by atoms with van der Waals surface area (Å²) in [6.07, 6.45) is 12.7. The molecule has 21 heavy (non-hydrogen) atoms. The van der Waals surface area contributed by atoms with Crippen molar-refractivity contribution in [1.82, 2.24) is 0 Å². The Morgan fingerprint density at radius 3 is 1.76 bits per heavy atom. The lowest BCUT2D eigenvalue weighted by atomic mass is 10.2. The number of ether oxygens (including phenoxy) is 2. The van der Waals surface area contributed by atoms with Crippen molar-refractivity contribution in [3.05, 3.63) is 12.7 Å². The van der Waals surface area contributed by atoms with Crippen LogP contribution in [0.1, 0.15) is 71.6 Å². The van der Waals surface area contributed by atoms with E-state index in [1.807, 2.05) is 0 Å². The van der Waals surface area contributed by atoms with E-state index < -0.39 is 0 Å². The van der Waals surface area contributed by atoms with Gasteiger partial charge in [-0.05, 0) is 19.3 Å². The van der Waals surface area contributed by atoms with Gasteiger partial charge in [-0.3, -0.25) is 0 Å². The molecule has 0 aromatic carbocycles. The lowest BCUT2D eigenvalue weighted by Gasteiger charge is -2.01. The van der Waals surface area contributed by atoms with E-state index in [-0.39, 0.29) is 6.61 Å². The smallest absolute Gasteiger partial charge is 0.0644 e. The molecule has 0 amide bonds. The third-order valence-electron chi connectivity index (χ3n) is 2.97. The van der Waals surface area contributed by atoms with Gasteiger partial charge in [0.25, 0.3) is 0 Å². The Bertz CT molecular complexity index is 164. The van der Waals surface area contributed by atoms with Crippen molar-refractivity contribution in [2.24, 2.45) is 0 Å². The van der Waals surface area contributed by atoms with Gasteiger partial charge in [0.05, 0.1) is 6.61 Å². The molecule has 0 rings (SSSR count). The molecule has 0 aliphatic heterocycles. The van der Waals surface area contributed by atoms with Crippen molar-refractivity contribution in [2.45, 2.75) is 71.6 Å². The minimum absolute atomic E-state index is 0.245. The quantitative estimate of drug-likeness (QED) is 0.351. The van der Waals surface area contributed by atoms with E-state index in [0.29, 0.717) is 13.2 Å². The van der Waals surface area contributed by atoms with Crippen molar-refractivity contribution in [1.29, 1.82) is 0 Å². The average molecular weight is 302 g/mol. The van der Waals surface area contributed by atoms with Crippen LogP contribution in [0.5, 0.6) is 0 Å². The number of hydrogen-bond acceptors (Lipinski definition) is 3. The van der Waals surface area contributed by atoms with Crippen molar-refractivity contribution in [2.75, 3.05) is 33.0 Å². The molecule has 0 aromatic heterocycles. The van der Waals surface area contributed by atoms with Gasteiger partial charge in [-0.1, -0.05) is 58.4 Å². The first kappa shape index (κ1) is 22.9. The molecule has 0 fully saturated rings. The third kappa shape index (κ3) is 28.5. The third-order valence-corrected chi connectivity index (χ3v) is 2.97. The molecule has 0 bridgehead atoms. The maximum absolute atomic E-state index is 8.43. The molecule has 0 unspecified atom stereocenters. The number of unbranched alkanes of at least 4 members (excludes halogenated alkanes) is 6. The van der Waals surface area contributed by atoms with Crippen LogP contribution < -0.4 is 0 Å². The van der Waals surface area contributed by atoms with E-state index >= 15 is 0 Å². The van der Waals surface area contributed by atoms with E-state index in [1.165, 1.54) is 51.4 Å². The molecule has 3 nitrogen and oxygen atoms in total. The summed E-state index contributed by atoms with van der Waals surface area (Å²) in [6.45, 7) is 11.4. The summed E-state index contributed by atoms with van der Waals surface area (Å²) in [5, 5.41) is 8.43. The van der Waals surface area contributed by atoms with Crippen LogP contribution >= 0.6 is 0 Å². The van der Waals surface area contributed by atoms with Crippen LogP contribution in [0.25, 0.3) is 0 Å². The van der Waals surface area contributed by atoms with Gasteiger partial charge in [0.2, 0.25) is 0 Å². The first-order chi connectivity index (χ1) is 10.3. The molecule has 0 atom stereocenters. The first-order valence-corrected chi connectivity index (χ1v) is 8.70. The maximum Gasteiger partial charge on any atom is 0.0644 e. The molecule has 0 radical (unpaired) electrons. The van der Waals surface area contributed by atoms with Crippen LogP contribution in [0.2, 0.25) is 0 Å². The second-order valence-corrected chi connectivity index (χ2v) is 5.17. The Kier molecular flexibility index (Phi) is 26.8. The van der Waals surface area contributed by atoms with Gasteiger partial charge in [-0.25, -0.2) is 0 Å². The SMILES string of the molecule is C=CCOCCCCCC.CCCCCCOCCCO. The molecule has 0 aliphatic rings. The highest BCUT2D eigenvalue weighted by atomic mass is 16.5. The predicted octanol–water partition coefficient (Wildman–Crippen LogP) is 4.74. The summed E-state index contributed by atoms with van der Waals surface area (Å²) in [6, 6.07) is 0. The van der Waals surface area contributed by atoms with Gasteiger partial charge in [-0.2, -0.15) is 0 Å². The molecular weight excluding hydrogens is 264 g/mol. The lowest BCUT2D eigenvalue weighted by molar-refractivity contribution is 0.112. The van der Waals surface area contributed by atoms with Crippen LogP contribution in [0.4, 0.5) is 0 Å². The minimum atomic E-state index is 0.245. The van der Waals surface area contributed by atoms with Crippen LogP contribution in [0, 0.1) is 0 Å². The Hall–Kier alpha value is -0.380. The number of aliphatic hydroxyl groups is 1. The van der Waals surface area contributed by atoms with Gasteiger partial charge in [-0.15, -0.1) is 6.58 Å². The summed E-state index contributed by atoms with van der Waals surface area (Å²) in [5.74, 6) is 0. The van der Waals surface area contributed by atoms with Crippen molar-refractivity contribution >= 4 is 0 Å². The zero-order valence-electron chi connectivity index (χ0n) is 14.4. The summed E-state index contributed by atoms with van der Waals surface area (Å²) in [5.41, 5.74) is 0. The Morgan fingerprint density at radius 2 is 1.29 bits per heavy atom. The number of aliphatic hydroxyl groups excluding tert-OH is 1. The van der Waals surface area contributed by atoms with Gasteiger partial charge in [0.15, 0.2) is 0 Å². The first-order valence-electron chi connectivity index (χ1n) is 8.70. The molecule has 0 saturated heterocycles. The molecule has 0 aliphatic carbocycles. The monoisotopic (exact) mass is 302 g/mol. The van der Waals surface area contributed by atoms with Crippen LogP contribution in [-0.2, 0) is 9.47 Å². The van der Waals surface area contributed by atoms with E-state index in [9.17, 15) is 0 Å². The van der Waals surface area contributed by atoms with Crippen LogP contribution in [0.3, 0.4) is 0 Å². The van der Waals surface area contributed by atoms with Gasteiger partial charge in [0.1, 0.15) is 0 Å². The van der Waals surface area contributed by atoms with Gasteiger partial charge < -0.3 is 14.6 Å². The van der Waals surface area contributed by atoms with Crippen LogP contribution in [0.15, 0.2) is 12.7 Å². The Labute approximate surface area is 132 Å². The fourth-order valence-electron chi connectivity index (χ4n) is 1.70. The van der Waals surface area contributed by atoms with E-state index in [4.69, 9.17) is 14.6 Å². The molecule has 1 N–H and O–H groups in total. The fraction of sp³-hybridized carbons (Fsp3) is 0.889. The molecular formula is C18H38O3. The summed E-state index contributed by atoms with van der Waals surface area (Å²) >= 11 is 0. The molecule has 0 saturated carbocycles. The molecule has 0 spiro atoms. The number of hydrogen-bond donors (Lipinski definition) is 1. The average Bonchev–Trinajstić information content (AvgIpc) is 2.51. The molecule has 3 heteroatoms. The topological polar surface area (TPSA) is 38.7 Å². The second-order valence-electron chi connectivity index (χ2n) is 5.17. The zero-order chi connectivity index (χ0) is 16.0. The minimum Gasteiger partial charge on any atom is -0.396 e. The highest BCUT2D eigenvalue weighted by Crippen LogP contribution is 1.99. The maximum atomic E-state index is 8.43. The van der Waals surface area contributed by atoms with Crippen molar-refractivity contribution in [3.8, 4) is 0 Å². The van der Waals surface area contributed by atoms with Crippen molar-refractivity contribution in [3.63, 3.8) is 0 Å². The molecule has 0 heterocycles. The Morgan fingerprint density at radius 1 is 0.762 bits per heavy atom. The lowest BCUT2D eigenvalue weighted by Crippen LogP contribution is -1.98. The van der Waals surface area contributed by atoms with E-state index in [2.05, 4.69) is 20.4 Å². The van der Waals surface area contributed by atoms with E-state index in [0.717, 1.165) is 19.6 Å². The second kappa shape index (κ2) is 24.6. The molecule has 128 valence electrons. The van der Waals surface area contributed by atoms with Crippen LogP contribution in [-0.4, -0.2) is 38.1 Å². The number of rotatable bonds is 15.